The number of phenolic OH excluding ortho intramolecular Hbond substituents is 1. The molecule has 7 nitrogen and oxygen atoms in total. The summed E-state index contributed by atoms with van der Waals surface area (Å²) in [6.45, 7) is 3.94. The molecule has 4 aromatic rings. The lowest BCUT2D eigenvalue weighted by Gasteiger charge is -2.22. The molecule has 0 saturated carbocycles. The van der Waals surface area contributed by atoms with Gasteiger partial charge in [0.15, 0.2) is 0 Å². The van der Waals surface area contributed by atoms with Gasteiger partial charge < -0.3 is 10.4 Å². The first-order valence-electron chi connectivity index (χ1n) is 9.33. The van der Waals surface area contributed by atoms with E-state index in [1.165, 1.54) is 0 Å². The number of aromatic nitrogens is 5. The van der Waals surface area contributed by atoms with Crippen molar-refractivity contribution in [3.05, 3.63) is 36.2 Å². The third-order valence-corrected chi connectivity index (χ3v) is 5.46. The number of nitrogens with one attached hydrogen (secondary N) is 1. The van der Waals surface area contributed by atoms with Crippen LogP contribution in [-0.4, -0.2) is 42.7 Å². The summed E-state index contributed by atoms with van der Waals surface area (Å²) in [4.78, 5) is 4.79. The number of benzene rings is 1. The average Bonchev–Trinajstić information content (AvgIpc) is 3.28. The first kappa shape index (κ1) is 16.3. The Kier molecular flexibility index (Phi) is 3.65. The molecule has 1 aromatic carbocycles. The fourth-order valence-corrected chi connectivity index (χ4v) is 3.97. The molecule has 0 unspecified atom stereocenters. The normalized spacial score (nSPS) is 15.8. The molecule has 1 aliphatic rings. The minimum atomic E-state index is 0.235. The van der Waals surface area contributed by atoms with Crippen molar-refractivity contribution in [3.8, 4) is 17.0 Å². The SMILES string of the molecule is Cc1c(O)c(-c2ccc3nn(C4CCNCC4)cc3n2)cc2cn(C)nc12. The predicted octanol–water partition coefficient (Wildman–Crippen LogP) is 2.92. The van der Waals surface area contributed by atoms with Crippen molar-refractivity contribution in [3.63, 3.8) is 0 Å². The van der Waals surface area contributed by atoms with Crippen LogP contribution in [0.15, 0.2) is 30.6 Å². The molecule has 0 amide bonds. The maximum absolute atomic E-state index is 10.7. The fourth-order valence-electron chi connectivity index (χ4n) is 3.97. The number of pyridine rings is 1. The van der Waals surface area contributed by atoms with Crippen LogP contribution in [0.3, 0.4) is 0 Å². The van der Waals surface area contributed by atoms with E-state index >= 15 is 0 Å². The molecule has 0 spiro atoms. The maximum Gasteiger partial charge on any atom is 0.130 e. The summed E-state index contributed by atoms with van der Waals surface area (Å²) in [6.07, 6.45) is 6.15. The van der Waals surface area contributed by atoms with Crippen LogP contribution in [0.2, 0.25) is 0 Å². The zero-order valence-corrected chi connectivity index (χ0v) is 15.5. The Morgan fingerprint density at radius 3 is 2.74 bits per heavy atom. The number of piperidine rings is 1. The number of rotatable bonds is 2. The Labute approximate surface area is 156 Å². The Morgan fingerprint density at radius 1 is 1.11 bits per heavy atom. The Hall–Kier alpha value is -2.93. The van der Waals surface area contributed by atoms with E-state index in [0.717, 1.165) is 64.7 Å². The first-order valence-corrected chi connectivity index (χ1v) is 9.33. The summed E-state index contributed by atoms with van der Waals surface area (Å²) >= 11 is 0. The Bertz CT molecular complexity index is 1150. The number of fused-ring (bicyclic) bond motifs is 2. The summed E-state index contributed by atoms with van der Waals surface area (Å²) < 4.78 is 3.82. The molecule has 1 saturated heterocycles. The van der Waals surface area contributed by atoms with Crippen molar-refractivity contribution >= 4 is 21.9 Å². The van der Waals surface area contributed by atoms with Crippen molar-refractivity contribution in [2.24, 2.45) is 7.05 Å². The second-order valence-corrected chi connectivity index (χ2v) is 7.33. The van der Waals surface area contributed by atoms with Crippen LogP contribution in [0.25, 0.3) is 33.2 Å². The van der Waals surface area contributed by atoms with Gasteiger partial charge in [-0.1, -0.05) is 0 Å². The van der Waals surface area contributed by atoms with Crippen LogP contribution < -0.4 is 5.32 Å². The summed E-state index contributed by atoms with van der Waals surface area (Å²) in [7, 11) is 1.88. The standard InChI is InChI=1S/C20H22N6O/c1-12-19-13(10-25(2)24-19)9-15(20(12)27)16-3-4-17-18(22-16)11-26(23-17)14-5-7-21-8-6-14/h3-4,9-11,14,21,27H,5-8H2,1-2H3. The molecule has 1 aliphatic heterocycles. The number of nitrogens with zero attached hydrogens (tertiary/aromatic N) is 5. The number of phenols is 1. The number of aryl methyl sites for hydroxylation is 2. The van der Waals surface area contributed by atoms with Gasteiger partial charge in [-0.25, -0.2) is 4.98 Å². The first-order chi connectivity index (χ1) is 13.1. The highest BCUT2D eigenvalue weighted by molar-refractivity contribution is 5.91. The summed E-state index contributed by atoms with van der Waals surface area (Å²) in [5.41, 5.74) is 4.81. The zero-order chi connectivity index (χ0) is 18.5. The predicted molar refractivity (Wildman–Crippen MR) is 105 cm³/mol. The summed E-state index contributed by atoms with van der Waals surface area (Å²) in [5.74, 6) is 0.235. The van der Waals surface area contributed by atoms with Gasteiger partial charge in [0.05, 0.1) is 23.4 Å². The molecule has 0 atom stereocenters. The summed E-state index contributed by atoms with van der Waals surface area (Å²) in [6, 6.07) is 6.29. The van der Waals surface area contributed by atoms with Gasteiger partial charge in [-0.2, -0.15) is 10.2 Å². The highest BCUT2D eigenvalue weighted by Crippen LogP contribution is 2.36. The average molecular weight is 362 g/mol. The van der Waals surface area contributed by atoms with Gasteiger partial charge in [0.25, 0.3) is 0 Å². The lowest BCUT2D eigenvalue weighted by Crippen LogP contribution is -2.29. The number of hydrogen-bond acceptors (Lipinski definition) is 5. The van der Waals surface area contributed by atoms with Gasteiger partial charge in [0, 0.05) is 29.8 Å². The van der Waals surface area contributed by atoms with E-state index < -0.39 is 0 Å². The number of aromatic hydroxyl groups is 1. The molecule has 138 valence electrons. The van der Waals surface area contributed by atoms with Crippen LogP contribution in [0, 0.1) is 6.92 Å². The van der Waals surface area contributed by atoms with E-state index in [0.29, 0.717) is 6.04 Å². The van der Waals surface area contributed by atoms with E-state index in [1.807, 2.05) is 44.6 Å². The van der Waals surface area contributed by atoms with Crippen molar-refractivity contribution in [2.45, 2.75) is 25.8 Å². The topological polar surface area (TPSA) is 80.8 Å². The monoisotopic (exact) mass is 362 g/mol. The minimum Gasteiger partial charge on any atom is -0.507 e. The van der Waals surface area contributed by atoms with Crippen LogP contribution in [0.4, 0.5) is 0 Å². The Morgan fingerprint density at radius 2 is 1.93 bits per heavy atom. The van der Waals surface area contributed by atoms with Gasteiger partial charge >= 0.3 is 0 Å². The van der Waals surface area contributed by atoms with Crippen LogP contribution in [-0.2, 0) is 7.05 Å². The summed E-state index contributed by atoms with van der Waals surface area (Å²) in [5, 5.41) is 24.2. The van der Waals surface area contributed by atoms with Gasteiger partial charge in [-0.15, -0.1) is 0 Å². The quantitative estimate of drug-likeness (QED) is 0.573. The van der Waals surface area contributed by atoms with E-state index in [2.05, 4.69) is 15.1 Å². The van der Waals surface area contributed by atoms with Gasteiger partial charge in [0.2, 0.25) is 0 Å². The Balaban J connectivity index is 1.60. The van der Waals surface area contributed by atoms with E-state index in [1.54, 1.807) is 4.68 Å². The molecule has 1 fully saturated rings. The zero-order valence-electron chi connectivity index (χ0n) is 15.5. The third-order valence-electron chi connectivity index (χ3n) is 5.46. The minimum absolute atomic E-state index is 0.235. The lowest BCUT2D eigenvalue weighted by atomic mass is 10.0. The van der Waals surface area contributed by atoms with Crippen LogP contribution >= 0.6 is 0 Å². The molecule has 4 heterocycles. The van der Waals surface area contributed by atoms with Crippen molar-refractivity contribution < 1.29 is 5.11 Å². The molecular weight excluding hydrogens is 340 g/mol. The fraction of sp³-hybridized carbons (Fsp3) is 0.350. The van der Waals surface area contributed by atoms with Gasteiger partial charge in [-0.05, 0) is 51.1 Å². The number of hydrogen-bond donors (Lipinski definition) is 2. The molecule has 7 heteroatoms. The second kappa shape index (κ2) is 6.06. The molecule has 0 aliphatic carbocycles. The highest BCUT2D eigenvalue weighted by atomic mass is 16.3. The molecular formula is C20H22N6O. The van der Waals surface area contributed by atoms with Gasteiger partial charge in [-0.3, -0.25) is 9.36 Å². The van der Waals surface area contributed by atoms with Crippen molar-refractivity contribution in [1.82, 2.24) is 29.9 Å². The van der Waals surface area contributed by atoms with E-state index in [-0.39, 0.29) is 5.75 Å². The lowest BCUT2D eigenvalue weighted by molar-refractivity contribution is 0.345. The van der Waals surface area contributed by atoms with Crippen LogP contribution in [0.1, 0.15) is 24.4 Å². The van der Waals surface area contributed by atoms with Crippen molar-refractivity contribution in [1.29, 1.82) is 0 Å². The molecule has 2 N–H and O–H groups in total. The largest absolute Gasteiger partial charge is 0.507 e. The molecule has 0 radical (unpaired) electrons. The van der Waals surface area contributed by atoms with Gasteiger partial charge in [0.1, 0.15) is 16.8 Å². The second-order valence-electron chi connectivity index (χ2n) is 7.33. The molecule has 3 aromatic heterocycles. The molecule has 5 rings (SSSR count). The smallest absolute Gasteiger partial charge is 0.130 e. The maximum atomic E-state index is 10.7. The van der Waals surface area contributed by atoms with Crippen molar-refractivity contribution in [2.75, 3.05) is 13.1 Å². The molecule has 27 heavy (non-hydrogen) atoms. The third kappa shape index (κ3) is 2.66. The molecule has 0 bridgehead atoms. The van der Waals surface area contributed by atoms with E-state index in [4.69, 9.17) is 10.1 Å². The van der Waals surface area contributed by atoms with Crippen LogP contribution in [0.5, 0.6) is 5.75 Å². The van der Waals surface area contributed by atoms with E-state index in [9.17, 15) is 5.11 Å². The highest BCUT2D eigenvalue weighted by Gasteiger charge is 2.18.